The van der Waals surface area contributed by atoms with Crippen LogP contribution in [0.25, 0.3) is 0 Å². The molecule has 0 aromatic rings. The third-order valence-corrected chi connectivity index (χ3v) is 4.59. The van der Waals surface area contributed by atoms with Crippen LogP contribution in [0.15, 0.2) is 0 Å². The van der Waals surface area contributed by atoms with Crippen molar-refractivity contribution in [3.8, 4) is 0 Å². The van der Waals surface area contributed by atoms with Gasteiger partial charge in [-0.2, -0.15) is 0 Å². The molecule has 0 saturated heterocycles. The van der Waals surface area contributed by atoms with Crippen molar-refractivity contribution in [3.05, 3.63) is 0 Å². The van der Waals surface area contributed by atoms with Gasteiger partial charge in [0.1, 0.15) is 0 Å². The Morgan fingerprint density at radius 1 is 1.33 bits per heavy atom. The van der Waals surface area contributed by atoms with Gasteiger partial charge in [-0.1, -0.05) is 19.8 Å². The lowest BCUT2D eigenvalue weighted by Crippen LogP contribution is -2.58. The van der Waals surface area contributed by atoms with Crippen LogP contribution in [0, 0.1) is 5.41 Å². The normalized spacial score (nSPS) is 34.4. The molecule has 2 rings (SSSR count). The van der Waals surface area contributed by atoms with Gasteiger partial charge in [0.2, 0.25) is 0 Å². The first kappa shape index (κ1) is 11.4. The van der Waals surface area contributed by atoms with Crippen LogP contribution >= 0.6 is 0 Å². The molecular formula is C13H24O2. The summed E-state index contributed by atoms with van der Waals surface area (Å²) in [4.78, 5) is 0. The number of hydrogen-bond acceptors (Lipinski definition) is 2. The third kappa shape index (κ3) is 1.83. The molecule has 2 atom stereocenters. The van der Waals surface area contributed by atoms with Crippen molar-refractivity contribution >= 4 is 0 Å². The Bertz CT molecular complexity index is 229. The average molecular weight is 212 g/mol. The van der Waals surface area contributed by atoms with Crippen molar-refractivity contribution in [2.45, 2.75) is 77.1 Å². The summed E-state index contributed by atoms with van der Waals surface area (Å²) in [5.74, 6) is 0. The van der Waals surface area contributed by atoms with E-state index in [1.165, 1.54) is 25.7 Å². The topological polar surface area (TPSA) is 29.5 Å². The summed E-state index contributed by atoms with van der Waals surface area (Å²) in [6, 6.07) is 0. The molecule has 0 aromatic carbocycles. The fourth-order valence-electron chi connectivity index (χ4n) is 3.05. The SMILES string of the molecule is CCC(C)(C)OC1CC(O)C12CCCC2. The van der Waals surface area contributed by atoms with Crippen LogP contribution in [0.2, 0.25) is 0 Å². The van der Waals surface area contributed by atoms with Crippen molar-refractivity contribution in [1.29, 1.82) is 0 Å². The van der Waals surface area contributed by atoms with Crippen molar-refractivity contribution in [2.75, 3.05) is 0 Å². The molecule has 2 aliphatic rings. The highest BCUT2D eigenvalue weighted by atomic mass is 16.5. The molecule has 1 spiro atoms. The summed E-state index contributed by atoms with van der Waals surface area (Å²) in [7, 11) is 0. The quantitative estimate of drug-likeness (QED) is 0.779. The molecule has 2 aliphatic carbocycles. The Balaban J connectivity index is 2.00. The highest BCUT2D eigenvalue weighted by Gasteiger charge is 2.57. The standard InChI is InChI=1S/C13H24O2/c1-4-12(2,3)15-11-9-10(14)13(11)7-5-6-8-13/h10-11,14H,4-9H2,1-3H3. The summed E-state index contributed by atoms with van der Waals surface area (Å²) in [6.45, 7) is 6.47. The summed E-state index contributed by atoms with van der Waals surface area (Å²) in [6.07, 6.45) is 6.96. The molecule has 0 heterocycles. The van der Waals surface area contributed by atoms with E-state index in [1.807, 2.05) is 0 Å². The summed E-state index contributed by atoms with van der Waals surface area (Å²) >= 11 is 0. The van der Waals surface area contributed by atoms with E-state index < -0.39 is 0 Å². The predicted octanol–water partition coefficient (Wildman–Crippen LogP) is 2.89. The van der Waals surface area contributed by atoms with Crippen LogP contribution in [0.4, 0.5) is 0 Å². The monoisotopic (exact) mass is 212 g/mol. The maximum Gasteiger partial charge on any atom is 0.0688 e. The highest BCUT2D eigenvalue weighted by molar-refractivity contribution is 5.07. The van der Waals surface area contributed by atoms with Crippen LogP contribution < -0.4 is 0 Å². The molecule has 2 nitrogen and oxygen atoms in total. The molecule has 88 valence electrons. The highest BCUT2D eigenvalue weighted by Crippen LogP contribution is 2.55. The summed E-state index contributed by atoms with van der Waals surface area (Å²) in [5, 5.41) is 9.96. The van der Waals surface area contributed by atoms with E-state index in [9.17, 15) is 5.11 Å². The van der Waals surface area contributed by atoms with Gasteiger partial charge in [-0.25, -0.2) is 0 Å². The maximum atomic E-state index is 9.96. The first-order chi connectivity index (χ1) is 7.00. The third-order valence-electron chi connectivity index (χ3n) is 4.59. The van der Waals surface area contributed by atoms with E-state index in [-0.39, 0.29) is 17.1 Å². The molecule has 0 aromatic heterocycles. The van der Waals surface area contributed by atoms with Crippen molar-refractivity contribution in [3.63, 3.8) is 0 Å². The minimum atomic E-state index is -0.0994. The number of aliphatic hydroxyl groups is 1. The Hall–Kier alpha value is -0.0800. The van der Waals surface area contributed by atoms with E-state index in [1.54, 1.807) is 0 Å². The molecule has 0 radical (unpaired) electrons. The van der Waals surface area contributed by atoms with E-state index in [0.29, 0.717) is 6.10 Å². The van der Waals surface area contributed by atoms with Gasteiger partial charge in [0.25, 0.3) is 0 Å². The van der Waals surface area contributed by atoms with Crippen LogP contribution in [0.5, 0.6) is 0 Å². The second kappa shape index (κ2) is 3.74. The fourth-order valence-corrected chi connectivity index (χ4v) is 3.05. The molecule has 0 bridgehead atoms. The molecule has 2 heteroatoms. The average Bonchev–Trinajstić information content (AvgIpc) is 2.68. The van der Waals surface area contributed by atoms with Crippen LogP contribution in [0.1, 0.15) is 59.3 Å². The molecule has 2 unspecified atom stereocenters. The summed E-state index contributed by atoms with van der Waals surface area (Å²) < 4.78 is 6.17. The number of hydrogen-bond donors (Lipinski definition) is 1. The van der Waals surface area contributed by atoms with Gasteiger partial charge >= 0.3 is 0 Å². The second-order valence-corrected chi connectivity index (χ2v) is 5.91. The molecular weight excluding hydrogens is 188 g/mol. The minimum Gasteiger partial charge on any atom is -0.392 e. The predicted molar refractivity (Wildman–Crippen MR) is 60.8 cm³/mol. The maximum absolute atomic E-state index is 9.96. The molecule has 0 aliphatic heterocycles. The first-order valence-corrected chi connectivity index (χ1v) is 6.36. The Labute approximate surface area is 93.0 Å². The molecule has 15 heavy (non-hydrogen) atoms. The van der Waals surface area contributed by atoms with E-state index in [0.717, 1.165) is 12.8 Å². The van der Waals surface area contributed by atoms with Gasteiger partial charge in [0, 0.05) is 11.8 Å². The second-order valence-electron chi connectivity index (χ2n) is 5.91. The van der Waals surface area contributed by atoms with Crippen molar-refractivity contribution in [1.82, 2.24) is 0 Å². The van der Waals surface area contributed by atoms with Gasteiger partial charge in [-0.3, -0.25) is 0 Å². The fraction of sp³-hybridized carbons (Fsp3) is 1.00. The van der Waals surface area contributed by atoms with E-state index in [2.05, 4.69) is 20.8 Å². The largest absolute Gasteiger partial charge is 0.392 e. The van der Waals surface area contributed by atoms with Crippen LogP contribution in [-0.2, 0) is 4.74 Å². The van der Waals surface area contributed by atoms with Crippen LogP contribution in [0.3, 0.4) is 0 Å². The summed E-state index contributed by atoms with van der Waals surface area (Å²) in [5.41, 5.74) is 0.104. The Morgan fingerprint density at radius 2 is 1.93 bits per heavy atom. The zero-order valence-corrected chi connectivity index (χ0v) is 10.3. The number of ether oxygens (including phenoxy) is 1. The zero-order valence-electron chi connectivity index (χ0n) is 10.3. The lowest BCUT2D eigenvalue weighted by atomic mass is 9.62. The smallest absolute Gasteiger partial charge is 0.0688 e. The molecule has 1 N–H and O–H groups in total. The number of aliphatic hydroxyl groups excluding tert-OH is 1. The van der Waals surface area contributed by atoms with E-state index in [4.69, 9.17) is 4.74 Å². The molecule has 2 saturated carbocycles. The molecule has 2 fully saturated rings. The van der Waals surface area contributed by atoms with Gasteiger partial charge in [0.05, 0.1) is 17.8 Å². The number of rotatable bonds is 3. The zero-order chi connectivity index (χ0) is 11.1. The van der Waals surface area contributed by atoms with E-state index >= 15 is 0 Å². The van der Waals surface area contributed by atoms with Gasteiger partial charge in [0.15, 0.2) is 0 Å². The molecule has 0 amide bonds. The Kier molecular flexibility index (Phi) is 2.85. The first-order valence-electron chi connectivity index (χ1n) is 6.36. The van der Waals surface area contributed by atoms with Gasteiger partial charge in [-0.15, -0.1) is 0 Å². The van der Waals surface area contributed by atoms with Gasteiger partial charge in [-0.05, 0) is 33.1 Å². The lowest BCUT2D eigenvalue weighted by Gasteiger charge is -2.53. The van der Waals surface area contributed by atoms with Crippen LogP contribution in [-0.4, -0.2) is 22.9 Å². The minimum absolute atomic E-state index is 0.0274. The van der Waals surface area contributed by atoms with Gasteiger partial charge < -0.3 is 9.84 Å². The Morgan fingerprint density at radius 3 is 2.40 bits per heavy atom. The lowest BCUT2D eigenvalue weighted by molar-refractivity contribution is -0.228. The van der Waals surface area contributed by atoms with Crippen molar-refractivity contribution < 1.29 is 9.84 Å². The van der Waals surface area contributed by atoms with Crippen molar-refractivity contribution in [2.24, 2.45) is 5.41 Å².